The Labute approximate surface area is 109 Å². The zero-order valence-electron chi connectivity index (χ0n) is 11.1. The van der Waals surface area contributed by atoms with E-state index in [9.17, 15) is 0 Å². The molecule has 1 aliphatic rings. The summed E-state index contributed by atoms with van der Waals surface area (Å²) in [6.07, 6.45) is 3.34. The highest BCUT2D eigenvalue weighted by Crippen LogP contribution is 2.38. The lowest BCUT2D eigenvalue weighted by Crippen LogP contribution is -2.35. The third-order valence-corrected chi connectivity index (χ3v) is 4.75. The molecule has 2 rings (SSSR count). The Morgan fingerprint density at radius 3 is 2.71 bits per heavy atom. The van der Waals surface area contributed by atoms with Crippen molar-refractivity contribution in [3.8, 4) is 0 Å². The predicted octanol–water partition coefficient (Wildman–Crippen LogP) is 3.71. The van der Waals surface area contributed by atoms with Crippen LogP contribution >= 0.6 is 11.8 Å². The van der Waals surface area contributed by atoms with Crippen LogP contribution in [0.4, 0.5) is 0 Å². The van der Waals surface area contributed by atoms with Crippen molar-refractivity contribution in [3.05, 3.63) is 35.4 Å². The second-order valence-corrected chi connectivity index (χ2v) is 7.95. The van der Waals surface area contributed by atoms with Crippen molar-refractivity contribution in [1.29, 1.82) is 0 Å². The van der Waals surface area contributed by atoms with E-state index in [1.54, 1.807) is 0 Å². The highest BCUT2D eigenvalue weighted by Gasteiger charge is 2.34. The van der Waals surface area contributed by atoms with Crippen molar-refractivity contribution in [1.82, 2.24) is 0 Å². The topological polar surface area (TPSA) is 26.0 Å². The SMILES string of the molecule is CC(C)(C)SCCC1(N)CCc2ccccc21. The Bertz CT molecular complexity index is 394. The zero-order valence-corrected chi connectivity index (χ0v) is 11.9. The minimum atomic E-state index is -0.0746. The lowest BCUT2D eigenvalue weighted by molar-refractivity contribution is 0.429. The first-order valence-electron chi connectivity index (χ1n) is 6.42. The Kier molecular flexibility index (Phi) is 3.55. The maximum Gasteiger partial charge on any atom is 0.0423 e. The summed E-state index contributed by atoms with van der Waals surface area (Å²) < 4.78 is 0.342. The molecule has 2 N–H and O–H groups in total. The summed E-state index contributed by atoms with van der Waals surface area (Å²) >= 11 is 2.01. The normalized spacial score (nSPS) is 23.8. The molecule has 0 aliphatic heterocycles. The van der Waals surface area contributed by atoms with Gasteiger partial charge in [-0.2, -0.15) is 11.8 Å². The van der Waals surface area contributed by atoms with Gasteiger partial charge in [-0.1, -0.05) is 45.0 Å². The van der Waals surface area contributed by atoms with Crippen LogP contribution < -0.4 is 5.73 Å². The Balaban J connectivity index is 2.02. The smallest absolute Gasteiger partial charge is 0.0423 e. The van der Waals surface area contributed by atoms with Gasteiger partial charge in [-0.15, -0.1) is 0 Å². The summed E-state index contributed by atoms with van der Waals surface area (Å²) in [6, 6.07) is 8.67. The minimum absolute atomic E-state index is 0.0746. The number of aryl methyl sites for hydroxylation is 1. The standard InChI is InChI=1S/C15H23NS/c1-14(2,3)17-11-10-15(16)9-8-12-6-4-5-7-13(12)15/h4-7H,8-11,16H2,1-3H3. The summed E-state index contributed by atoms with van der Waals surface area (Å²) in [7, 11) is 0. The molecule has 1 nitrogen and oxygen atoms in total. The molecule has 1 aromatic rings. The molecule has 1 unspecified atom stereocenters. The van der Waals surface area contributed by atoms with Gasteiger partial charge in [0.1, 0.15) is 0 Å². The number of thioether (sulfide) groups is 1. The average molecular weight is 249 g/mol. The zero-order chi connectivity index (χ0) is 12.5. The van der Waals surface area contributed by atoms with Crippen molar-refractivity contribution >= 4 is 11.8 Å². The van der Waals surface area contributed by atoms with E-state index in [0.717, 1.165) is 25.0 Å². The van der Waals surface area contributed by atoms with Crippen LogP contribution in [0.3, 0.4) is 0 Å². The van der Waals surface area contributed by atoms with E-state index in [2.05, 4.69) is 45.0 Å². The van der Waals surface area contributed by atoms with Crippen LogP contribution in [-0.4, -0.2) is 10.5 Å². The fourth-order valence-corrected chi connectivity index (χ4v) is 3.59. The molecule has 0 bridgehead atoms. The van der Waals surface area contributed by atoms with Gasteiger partial charge >= 0.3 is 0 Å². The van der Waals surface area contributed by atoms with Crippen molar-refractivity contribution in [2.45, 2.75) is 50.3 Å². The molecular formula is C15H23NS. The van der Waals surface area contributed by atoms with Crippen LogP contribution in [0, 0.1) is 0 Å². The maximum absolute atomic E-state index is 6.59. The molecule has 0 spiro atoms. The van der Waals surface area contributed by atoms with E-state index in [1.165, 1.54) is 11.1 Å². The Hall–Kier alpha value is -0.470. The van der Waals surface area contributed by atoms with Crippen LogP contribution in [0.5, 0.6) is 0 Å². The molecule has 2 heteroatoms. The molecular weight excluding hydrogens is 226 g/mol. The molecule has 0 amide bonds. The fourth-order valence-electron chi connectivity index (χ4n) is 2.52. The lowest BCUT2D eigenvalue weighted by atomic mass is 9.90. The number of rotatable bonds is 3. The monoisotopic (exact) mass is 249 g/mol. The molecule has 1 atom stereocenters. The Morgan fingerprint density at radius 1 is 1.29 bits per heavy atom. The van der Waals surface area contributed by atoms with E-state index in [4.69, 9.17) is 5.73 Å². The van der Waals surface area contributed by atoms with Crippen molar-refractivity contribution in [2.24, 2.45) is 5.73 Å². The molecule has 0 aromatic heterocycles. The molecule has 0 fully saturated rings. The molecule has 94 valence electrons. The number of hydrogen-bond acceptors (Lipinski definition) is 2. The second-order valence-electron chi connectivity index (χ2n) is 6.02. The first-order valence-corrected chi connectivity index (χ1v) is 7.41. The number of fused-ring (bicyclic) bond motifs is 1. The van der Waals surface area contributed by atoms with Crippen LogP contribution in [-0.2, 0) is 12.0 Å². The van der Waals surface area contributed by atoms with Gasteiger partial charge in [0.05, 0.1) is 0 Å². The highest BCUT2D eigenvalue weighted by atomic mass is 32.2. The van der Waals surface area contributed by atoms with E-state index in [0.29, 0.717) is 4.75 Å². The van der Waals surface area contributed by atoms with Gasteiger partial charge in [-0.05, 0) is 36.1 Å². The van der Waals surface area contributed by atoms with E-state index in [-0.39, 0.29) is 5.54 Å². The van der Waals surface area contributed by atoms with Gasteiger partial charge in [0.15, 0.2) is 0 Å². The highest BCUT2D eigenvalue weighted by molar-refractivity contribution is 8.00. The number of hydrogen-bond donors (Lipinski definition) is 1. The molecule has 0 heterocycles. The predicted molar refractivity (Wildman–Crippen MR) is 77.5 cm³/mol. The molecule has 0 saturated carbocycles. The van der Waals surface area contributed by atoms with Crippen molar-refractivity contribution in [3.63, 3.8) is 0 Å². The molecule has 17 heavy (non-hydrogen) atoms. The van der Waals surface area contributed by atoms with Crippen LogP contribution in [0.25, 0.3) is 0 Å². The van der Waals surface area contributed by atoms with Gasteiger partial charge in [0.2, 0.25) is 0 Å². The van der Waals surface area contributed by atoms with E-state index >= 15 is 0 Å². The quantitative estimate of drug-likeness (QED) is 0.884. The lowest BCUT2D eigenvalue weighted by Gasteiger charge is -2.27. The van der Waals surface area contributed by atoms with E-state index < -0.39 is 0 Å². The van der Waals surface area contributed by atoms with Gasteiger partial charge in [-0.25, -0.2) is 0 Å². The maximum atomic E-state index is 6.59. The summed E-state index contributed by atoms with van der Waals surface area (Å²) in [5.41, 5.74) is 9.35. The van der Waals surface area contributed by atoms with Gasteiger partial charge in [0, 0.05) is 10.3 Å². The van der Waals surface area contributed by atoms with Gasteiger partial charge < -0.3 is 5.73 Å². The van der Waals surface area contributed by atoms with Gasteiger partial charge in [-0.3, -0.25) is 0 Å². The van der Waals surface area contributed by atoms with Crippen LogP contribution in [0.1, 0.15) is 44.7 Å². The number of nitrogens with two attached hydrogens (primary N) is 1. The average Bonchev–Trinajstić information content (AvgIpc) is 2.56. The molecule has 0 radical (unpaired) electrons. The molecule has 1 aliphatic carbocycles. The summed E-state index contributed by atoms with van der Waals surface area (Å²) in [6.45, 7) is 6.80. The molecule has 0 saturated heterocycles. The summed E-state index contributed by atoms with van der Waals surface area (Å²) in [4.78, 5) is 0. The first-order chi connectivity index (χ1) is 7.91. The largest absolute Gasteiger partial charge is 0.321 e. The third-order valence-electron chi connectivity index (χ3n) is 3.48. The first kappa shape index (κ1) is 13.0. The third kappa shape index (κ3) is 3.05. The van der Waals surface area contributed by atoms with Crippen molar-refractivity contribution in [2.75, 3.05) is 5.75 Å². The summed E-state index contributed by atoms with van der Waals surface area (Å²) in [5.74, 6) is 1.15. The second kappa shape index (κ2) is 4.66. The fraction of sp³-hybridized carbons (Fsp3) is 0.600. The molecule has 1 aromatic carbocycles. The van der Waals surface area contributed by atoms with Crippen molar-refractivity contribution < 1.29 is 0 Å². The van der Waals surface area contributed by atoms with Crippen LogP contribution in [0.15, 0.2) is 24.3 Å². The van der Waals surface area contributed by atoms with Gasteiger partial charge in [0.25, 0.3) is 0 Å². The number of benzene rings is 1. The van der Waals surface area contributed by atoms with E-state index in [1.807, 2.05) is 11.8 Å². The summed E-state index contributed by atoms with van der Waals surface area (Å²) in [5, 5.41) is 0. The minimum Gasteiger partial charge on any atom is -0.321 e. The van der Waals surface area contributed by atoms with Crippen LogP contribution in [0.2, 0.25) is 0 Å². The Morgan fingerprint density at radius 2 is 2.00 bits per heavy atom.